The maximum Gasteiger partial charge on any atom is 0.339 e. The van der Waals surface area contributed by atoms with E-state index >= 15 is 0 Å². The second-order valence-corrected chi connectivity index (χ2v) is 6.04. The number of carboxylic acids is 1. The summed E-state index contributed by atoms with van der Waals surface area (Å²) in [6, 6.07) is 4.12. The fourth-order valence-corrected chi connectivity index (χ4v) is 2.20. The van der Waals surface area contributed by atoms with Gasteiger partial charge in [0, 0.05) is 5.02 Å². The molecule has 0 aromatic heterocycles. The zero-order valence-corrected chi connectivity index (χ0v) is 13.4. The quantitative estimate of drug-likeness (QED) is 0.592. The van der Waals surface area contributed by atoms with Crippen LogP contribution in [0.5, 0.6) is 0 Å². The maximum atomic E-state index is 12.2. The molecule has 0 unspecified atom stereocenters. The summed E-state index contributed by atoms with van der Waals surface area (Å²) in [7, 11) is 0. The number of carbonyl (C=O) groups is 2. The van der Waals surface area contributed by atoms with Crippen LogP contribution in [0.1, 0.15) is 67.2 Å². The number of carbonyl (C=O) groups excluding carboxylic acids is 1. The van der Waals surface area contributed by atoms with Crippen molar-refractivity contribution >= 4 is 23.5 Å². The van der Waals surface area contributed by atoms with Crippen molar-refractivity contribution in [2.45, 2.75) is 52.1 Å². The van der Waals surface area contributed by atoms with E-state index in [1.807, 2.05) is 13.8 Å². The maximum absolute atomic E-state index is 12.2. The van der Waals surface area contributed by atoms with Crippen molar-refractivity contribution in [1.29, 1.82) is 0 Å². The fraction of sp³-hybridized carbons (Fsp3) is 0.500. The zero-order valence-electron chi connectivity index (χ0n) is 12.6. The van der Waals surface area contributed by atoms with Gasteiger partial charge in [-0.05, 0) is 44.9 Å². The van der Waals surface area contributed by atoms with Crippen LogP contribution in [0.25, 0.3) is 0 Å². The van der Waals surface area contributed by atoms with Crippen LogP contribution in [0, 0.1) is 0 Å². The number of esters is 1. The SMILES string of the molecule is CCCCCC(C)(C)OC(=O)c1ccc(Cl)cc1C(=O)O. The average molecular weight is 313 g/mol. The summed E-state index contributed by atoms with van der Waals surface area (Å²) < 4.78 is 5.46. The molecule has 116 valence electrons. The third-order valence-corrected chi connectivity index (χ3v) is 3.42. The highest BCUT2D eigenvalue weighted by Gasteiger charge is 2.26. The molecule has 1 aromatic rings. The molecule has 1 N–H and O–H groups in total. The molecule has 0 bridgehead atoms. The Morgan fingerprint density at radius 1 is 1.24 bits per heavy atom. The first kappa shape index (κ1) is 17.5. The van der Waals surface area contributed by atoms with Crippen LogP contribution in [0.2, 0.25) is 5.02 Å². The van der Waals surface area contributed by atoms with Crippen LogP contribution in [-0.2, 0) is 4.74 Å². The number of aromatic carboxylic acids is 1. The molecule has 1 rings (SSSR count). The molecule has 21 heavy (non-hydrogen) atoms. The molecule has 0 atom stereocenters. The first-order chi connectivity index (χ1) is 9.76. The number of hydrogen-bond acceptors (Lipinski definition) is 3. The van der Waals surface area contributed by atoms with Crippen molar-refractivity contribution in [3.05, 3.63) is 34.3 Å². The predicted octanol–water partition coefficient (Wildman–Crippen LogP) is 4.55. The molecular weight excluding hydrogens is 292 g/mol. The van der Waals surface area contributed by atoms with Crippen LogP contribution >= 0.6 is 11.6 Å². The first-order valence-electron chi connectivity index (χ1n) is 7.03. The minimum atomic E-state index is -1.20. The molecule has 0 radical (unpaired) electrons. The molecule has 0 saturated carbocycles. The second kappa shape index (κ2) is 7.46. The summed E-state index contributed by atoms with van der Waals surface area (Å²) in [5, 5.41) is 9.41. The van der Waals surface area contributed by atoms with Gasteiger partial charge in [-0.2, -0.15) is 0 Å². The number of hydrogen-bond donors (Lipinski definition) is 1. The Labute approximate surface area is 130 Å². The molecule has 0 fully saturated rings. The minimum Gasteiger partial charge on any atom is -0.478 e. The van der Waals surface area contributed by atoms with Crippen molar-refractivity contribution in [3.63, 3.8) is 0 Å². The van der Waals surface area contributed by atoms with Gasteiger partial charge in [-0.3, -0.25) is 0 Å². The van der Waals surface area contributed by atoms with Gasteiger partial charge in [-0.25, -0.2) is 9.59 Å². The van der Waals surface area contributed by atoms with Crippen molar-refractivity contribution in [3.8, 4) is 0 Å². The van der Waals surface area contributed by atoms with E-state index in [0.717, 1.165) is 25.7 Å². The summed E-state index contributed by atoms with van der Waals surface area (Å²) in [6.45, 7) is 5.76. The first-order valence-corrected chi connectivity index (χ1v) is 7.41. The van der Waals surface area contributed by atoms with Crippen LogP contribution in [0.3, 0.4) is 0 Å². The number of carboxylic acid groups (broad SMARTS) is 1. The Balaban J connectivity index is 2.86. The molecule has 0 aliphatic carbocycles. The minimum absolute atomic E-state index is 0.0236. The predicted molar refractivity (Wildman–Crippen MR) is 82.0 cm³/mol. The lowest BCUT2D eigenvalue weighted by Crippen LogP contribution is -2.28. The molecular formula is C16H21ClO4. The van der Waals surface area contributed by atoms with Crippen LogP contribution in [0.15, 0.2) is 18.2 Å². The van der Waals surface area contributed by atoms with Crippen LogP contribution < -0.4 is 0 Å². The van der Waals surface area contributed by atoms with E-state index in [1.165, 1.54) is 18.2 Å². The molecule has 5 heteroatoms. The number of halogens is 1. The smallest absolute Gasteiger partial charge is 0.339 e. The Morgan fingerprint density at radius 3 is 2.48 bits per heavy atom. The van der Waals surface area contributed by atoms with Gasteiger partial charge >= 0.3 is 11.9 Å². The van der Waals surface area contributed by atoms with Gasteiger partial charge in [0.2, 0.25) is 0 Å². The molecule has 0 aliphatic rings. The summed E-state index contributed by atoms with van der Waals surface area (Å²) in [4.78, 5) is 23.4. The Kier molecular flexibility index (Phi) is 6.21. The van der Waals surface area contributed by atoms with Gasteiger partial charge in [-0.1, -0.05) is 31.4 Å². The summed E-state index contributed by atoms with van der Waals surface area (Å²) in [5.74, 6) is -1.83. The lowest BCUT2D eigenvalue weighted by molar-refractivity contribution is -0.00574. The summed E-state index contributed by atoms with van der Waals surface area (Å²) in [5.41, 5.74) is -0.742. The summed E-state index contributed by atoms with van der Waals surface area (Å²) in [6.07, 6.45) is 3.86. The summed E-state index contributed by atoms with van der Waals surface area (Å²) >= 11 is 5.77. The monoisotopic (exact) mass is 312 g/mol. The molecule has 0 heterocycles. The van der Waals surface area contributed by atoms with Gasteiger partial charge in [0.05, 0.1) is 11.1 Å². The lowest BCUT2D eigenvalue weighted by atomic mass is 10.00. The van der Waals surface area contributed by atoms with Crippen molar-refractivity contribution in [2.75, 3.05) is 0 Å². The number of ether oxygens (including phenoxy) is 1. The van der Waals surface area contributed by atoms with Gasteiger partial charge < -0.3 is 9.84 Å². The Bertz CT molecular complexity index is 523. The molecule has 1 aromatic carbocycles. The van der Waals surface area contributed by atoms with E-state index in [2.05, 4.69) is 6.92 Å². The third kappa shape index (κ3) is 5.38. The standard InChI is InChI=1S/C16H21ClO4/c1-4-5-6-9-16(2,3)21-15(20)12-8-7-11(17)10-13(12)14(18)19/h7-8,10H,4-6,9H2,1-3H3,(H,18,19). The number of rotatable bonds is 7. The van der Waals surface area contributed by atoms with E-state index in [0.29, 0.717) is 0 Å². The van der Waals surface area contributed by atoms with Crippen molar-refractivity contribution in [2.24, 2.45) is 0 Å². The third-order valence-electron chi connectivity index (χ3n) is 3.18. The molecule has 0 spiro atoms. The molecule has 0 saturated heterocycles. The number of unbranched alkanes of at least 4 members (excludes halogenated alkanes) is 2. The van der Waals surface area contributed by atoms with E-state index in [9.17, 15) is 9.59 Å². The highest BCUT2D eigenvalue weighted by molar-refractivity contribution is 6.31. The topological polar surface area (TPSA) is 63.6 Å². The average Bonchev–Trinajstić information content (AvgIpc) is 2.37. The van der Waals surface area contributed by atoms with Crippen LogP contribution in [0.4, 0.5) is 0 Å². The highest BCUT2D eigenvalue weighted by Crippen LogP contribution is 2.23. The van der Waals surface area contributed by atoms with E-state index < -0.39 is 17.5 Å². The van der Waals surface area contributed by atoms with E-state index in [-0.39, 0.29) is 16.1 Å². The van der Waals surface area contributed by atoms with E-state index in [1.54, 1.807) is 0 Å². The van der Waals surface area contributed by atoms with Gasteiger partial charge in [0.15, 0.2) is 0 Å². The second-order valence-electron chi connectivity index (χ2n) is 5.60. The highest BCUT2D eigenvalue weighted by atomic mass is 35.5. The Hall–Kier alpha value is -1.55. The zero-order chi connectivity index (χ0) is 16.0. The number of benzene rings is 1. The van der Waals surface area contributed by atoms with Gasteiger partial charge in [-0.15, -0.1) is 0 Å². The lowest BCUT2D eigenvalue weighted by Gasteiger charge is -2.25. The Morgan fingerprint density at radius 2 is 1.90 bits per heavy atom. The molecule has 0 amide bonds. The van der Waals surface area contributed by atoms with Crippen molar-refractivity contribution in [1.82, 2.24) is 0 Å². The van der Waals surface area contributed by atoms with Crippen molar-refractivity contribution < 1.29 is 19.4 Å². The van der Waals surface area contributed by atoms with E-state index in [4.69, 9.17) is 21.4 Å². The van der Waals surface area contributed by atoms with Gasteiger partial charge in [0.25, 0.3) is 0 Å². The fourth-order valence-electron chi connectivity index (χ4n) is 2.03. The largest absolute Gasteiger partial charge is 0.478 e. The van der Waals surface area contributed by atoms with Crippen LogP contribution in [-0.4, -0.2) is 22.6 Å². The van der Waals surface area contributed by atoms with Gasteiger partial charge in [0.1, 0.15) is 5.60 Å². The normalized spacial score (nSPS) is 11.2. The molecule has 4 nitrogen and oxygen atoms in total. The molecule has 0 aliphatic heterocycles.